The summed E-state index contributed by atoms with van der Waals surface area (Å²) < 4.78 is 1.89. The first-order valence-corrected chi connectivity index (χ1v) is 7.03. The highest BCUT2D eigenvalue weighted by atomic mass is 16.2. The van der Waals surface area contributed by atoms with Crippen LogP contribution >= 0.6 is 0 Å². The standard InChI is InChI=1S/C15H18N4O2/c1-19-9-12(11-4-2-3-5-13(11)19)14(20)17-18-15(21)16-8-10-6-7-10/h2-5,9-10H,6-8H2,1H3,(H,17,20)(H2,16,18,21). The van der Waals surface area contributed by atoms with E-state index in [0.717, 1.165) is 10.9 Å². The number of para-hydroxylation sites is 1. The minimum atomic E-state index is -0.379. The number of fused-ring (bicyclic) bond motifs is 1. The van der Waals surface area contributed by atoms with Crippen LogP contribution in [0.25, 0.3) is 10.9 Å². The first kappa shape index (κ1) is 13.5. The van der Waals surface area contributed by atoms with E-state index in [1.54, 1.807) is 6.20 Å². The predicted octanol–water partition coefficient (Wildman–Crippen LogP) is 1.53. The Morgan fingerprint density at radius 2 is 2.00 bits per heavy atom. The van der Waals surface area contributed by atoms with E-state index in [1.165, 1.54) is 12.8 Å². The number of rotatable bonds is 3. The summed E-state index contributed by atoms with van der Waals surface area (Å²) >= 11 is 0. The molecule has 1 aromatic heterocycles. The predicted molar refractivity (Wildman–Crippen MR) is 79.6 cm³/mol. The van der Waals surface area contributed by atoms with Crippen LogP contribution in [0, 0.1) is 5.92 Å². The van der Waals surface area contributed by atoms with Gasteiger partial charge in [-0.05, 0) is 24.8 Å². The maximum absolute atomic E-state index is 12.2. The van der Waals surface area contributed by atoms with Gasteiger partial charge in [-0.15, -0.1) is 0 Å². The molecule has 0 bridgehead atoms. The zero-order chi connectivity index (χ0) is 14.8. The third-order valence-electron chi connectivity index (χ3n) is 3.68. The highest BCUT2D eigenvalue weighted by Crippen LogP contribution is 2.27. The number of hydrazine groups is 1. The average molecular weight is 286 g/mol. The fraction of sp³-hybridized carbons (Fsp3) is 0.333. The summed E-state index contributed by atoms with van der Waals surface area (Å²) in [6, 6.07) is 7.26. The van der Waals surface area contributed by atoms with Gasteiger partial charge in [0.05, 0.1) is 5.56 Å². The second-order valence-corrected chi connectivity index (χ2v) is 5.40. The topological polar surface area (TPSA) is 75.2 Å². The molecule has 110 valence electrons. The molecule has 1 fully saturated rings. The number of aromatic nitrogens is 1. The number of benzene rings is 1. The molecule has 6 heteroatoms. The first-order valence-electron chi connectivity index (χ1n) is 7.03. The van der Waals surface area contributed by atoms with E-state index in [1.807, 2.05) is 35.9 Å². The number of aryl methyl sites for hydroxylation is 1. The third-order valence-corrected chi connectivity index (χ3v) is 3.68. The molecular weight excluding hydrogens is 268 g/mol. The minimum absolute atomic E-state index is 0.326. The molecule has 0 unspecified atom stereocenters. The van der Waals surface area contributed by atoms with Crippen molar-refractivity contribution in [1.29, 1.82) is 0 Å². The molecule has 3 rings (SSSR count). The highest BCUT2D eigenvalue weighted by Gasteiger charge is 2.21. The number of hydrogen-bond donors (Lipinski definition) is 3. The molecule has 21 heavy (non-hydrogen) atoms. The fourth-order valence-corrected chi connectivity index (χ4v) is 2.31. The fourth-order valence-electron chi connectivity index (χ4n) is 2.31. The van der Waals surface area contributed by atoms with Crippen molar-refractivity contribution in [1.82, 2.24) is 20.7 Å². The Hall–Kier alpha value is -2.50. The van der Waals surface area contributed by atoms with Gasteiger partial charge in [-0.3, -0.25) is 10.2 Å². The van der Waals surface area contributed by atoms with E-state index in [-0.39, 0.29) is 11.9 Å². The van der Waals surface area contributed by atoms with Gasteiger partial charge in [0, 0.05) is 30.7 Å². The van der Waals surface area contributed by atoms with Gasteiger partial charge in [0.15, 0.2) is 0 Å². The van der Waals surface area contributed by atoms with Crippen molar-refractivity contribution in [2.45, 2.75) is 12.8 Å². The van der Waals surface area contributed by atoms with E-state index in [4.69, 9.17) is 0 Å². The maximum atomic E-state index is 12.2. The summed E-state index contributed by atoms with van der Waals surface area (Å²) in [6.07, 6.45) is 4.09. The molecular formula is C15H18N4O2. The van der Waals surface area contributed by atoms with Gasteiger partial charge in [0.1, 0.15) is 0 Å². The summed E-state index contributed by atoms with van der Waals surface area (Å²) in [5.41, 5.74) is 6.32. The molecule has 1 aliphatic rings. The van der Waals surface area contributed by atoms with Crippen LogP contribution in [0.2, 0.25) is 0 Å². The lowest BCUT2D eigenvalue weighted by molar-refractivity contribution is 0.0937. The number of hydrogen-bond acceptors (Lipinski definition) is 2. The number of carbonyl (C=O) groups excluding carboxylic acids is 2. The third kappa shape index (κ3) is 2.99. The molecule has 1 saturated carbocycles. The van der Waals surface area contributed by atoms with Gasteiger partial charge < -0.3 is 9.88 Å². The van der Waals surface area contributed by atoms with Crippen LogP contribution in [-0.2, 0) is 7.05 Å². The van der Waals surface area contributed by atoms with Crippen LogP contribution in [0.3, 0.4) is 0 Å². The molecule has 1 heterocycles. The van der Waals surface area contributed by atoms with Crippen LogP contribution in [-0.4, -0.2) is 23.1 Å². The van der Waals surface area contributed by atoms with Crippen molar-refractivity contribution >= 4 is 22.8 Å². The number of nitrogens with zero attached hydrogens (tertiary/aromatic N) is 1. The Morgan fingerprint density at radius 1 is 1.24 bits per heavy atom. The van der Waals surface area contributed by atoms with Crippen LogP contribution in [0.15, 0.2) is 30.5 Å². The van der Waals surface area contributed by atoms with Gasteiger partial charge in [0.2, 0.25) is 0 Å². The molecule has 3 N–H and O–H groups in total. The maximum Gasteiger partial charge on any atom is 0.333 e. The molecule has 6 nitrogen and oxygen atoms in total. The molecule has 0 saturated heterocycles. The van der Waals surface area contributed by atoms with Crippen molar-refractivity contribution in [2.75, 3.05) is 6.54 Å². The van der Waals surface area contributed by atoms with Crippen molar-refractivity contribution in [2.24, 2.45) is 13.0 Å². The summed E-state index contributed by atoms with van der Waals surface area (Å²) in [5, 5.41) is 3.58. The normalized spacial score (nSPS) is 14.0. The average Bonchev–Trinajstić information content (AvgIpc) is 3.27. The molecule has 2 aromatic rings. The Balaban J connectivity index is 1.62. The van der Waals surface area contributed by atoms with Crippen molar-refractivity contribution in [3.63, 3.8) is 0 Å². The molecule has 1 aliphatic carbocycles. The van der Waals surface area contributed by atoms with E-state index >= 15 is 0 Å². The molecule has 3 amide bonds. The van der Waals surface area contributed by atoms with Crippen molar-refractivity contribution in [3.05, 3.63) is 36.0 Å². The molecule has 1 aromatic carbocycles. The Labute approximate surface area is 122 Å². The lowest BCUT2D eigenvalue weighted by Gasteiger charge is -2.08. The van der Waals surface area contributed by atoms with Gasteiger partial charge in [-0.2, -0.15) is 0 Å². The van der Waals surface area contributed by atoms with Crippen molar-refractivity contribution < 1.29 is 9.59 Å². The second kappa shape index (κ2) is 5.47. The Morgan fingerprint density at radius 3 is 2.76 bits per heavy atom. The quantitative estimate of drug-likeness (QED) is 0.749. The van der Waals surface area contributed by atoms with Crippen LogP contribution in [0.4, 0.5) is 4.79 Å². The van der Waals surface area contributed by atoms with Gasteiger partial charge in [-0.25, -0.2) is 10.2 Å². The smallest absolute Gasteiger partial charge is 0.333 e. The van der Waals surface area contributed by atoms with E-state index < -0.39 is 0 Å². The number of urea groups is 1. The molecule has 0 aliphatic heterocycles. The van der Waals surface area contributed by atoms with Gasteiger partial charge >= 0.3 is 6.03 Å². The Kier molecular flexibility index (Phi) is 3.51. The highest BCUT2D eigenvalue weighted by molar-refractivity contribution is 6.07. The van der Waals surface area contributed by atoms with E-state index in [2.05, 4.69) is 16.2 Å². The van der Waals surface area contributed by atoms with Crippen LogP contribution < -0.4 is 16.2 Å². The molecule has 0 radical (unpaired) electrons. The van der Waals surface area contributed by atoms with E-state index in [0.29, 0.717) is 18.0 Å². The zero-order valence-electron chi connectivity index (χ0n) is 11.8. The monoisotopic (exact) mass is 286 g/mol. The lowest BCUT2D eigenvalue weighted by Crippen LogP contribution is -2.47. The summed E-state index contributed by atoms with van der Waals surface area (Å²) in [7, 11) is 1.88. The number of carbonyl (C=O) groups is 2. The summed E-state index contributed by atoms with van der Waals surface area (Å²) in [5.74, 6) is 0.276. The van der Waals surface area contributed by atoms with Crippen molar-refractivity contribution in [3.8, 4) is 0 Å². The summed E-state index contributed by atoms with van der Waals surface area (Å²) in [6.45, 7) is 0.663. The van der Waals surface area contributed by atoms with E-state index in [9.17, 15) is 9.59 Å². The second-order valence-electron chi connectivity index (χ2n) is 5.40. The summed E-state index contributed by atoms with van der Waals surface area (Å²) in [4.78, 5) is 23.7. The zero-order valence-corrected chi connectivity index (χ0v) is 11.8. The first-order chi connectivity index (χ1) is 10.1. The van der Waals surface area contributed by atoms with Crippen LogP contribution in [0.5, 0.6) is 0 Å². The van der Waals surface area contributed by atoms with Gasteiger partial charge in [0.25, 0.3) is 5.91 Å². The lowest BCUT2D eigenvalue weighted by atomic mass is 10.2. The minimum Gasteiger partial charge on any atom is -0.350 e. The largest absolute Gasteiger partial charge is 0.350 e. The molecule has 0 atom stereocenters. The van der Waals surface area contributed by atoms with Gasteiger partial charge in [-0.1, -0.05) is 18.2 Å². The Bertz CT molecular complexity index is 688. The number of nitrogens with one attached hydrogen (secondary N) is 3. The molecule has 0 spiro atoms. The van der Waals surface area contributed by atoms with Crippen LogP contribution in [0.1, 0.15) is 23.2 Å². The number of amides is 3. The SMILES string of the molecule is Cn1cc(C(=O)NNC(=O)NCC2CC2)c2ccccc21.